The largest absolute Gasteiger partial charge is 0.334 e. The lowest BCUT2D eigenvalue weighted by Crippen LogP contribution is -2.34. The van der Waals surface area contributed by atoms with E-state index in [-0.39, 0.29) is 6.03 Å². The number of benzene rings is 1. The number of carbonyl (C=O) groups is 1. The molecule has 1 aromatic carbocycles. The number of fused-ring (bicyclic) bond motifs is 1. The molecule has 0 aliphatic rings. The third-order valence-electron chi connectivity index (χ3n) is 2.90. The number of hydrogen-bond acceptors (Lipinski definition) is 4. The van der Waals surface area contributed by atoms with Gasteiger partial charge in [-0.05, 0) is 12.5 Å². The molecule has 2 amide bonds. The van der Waals surface area contributed by atoms with E-state index < -0.39 is 0 Å². The van der Waals surface area contributed by atoms with Crippen LogP contribution < -0.4 is 10.6 Å². The van der Waals surface area contributed by atoms with E-state index in [1.54, 1.807) is 4.52 Å². The number of rotatable bonds is 4. The Hall–Kier alpha value is -2.41. The van der Waals surface area contributed by atoms with Crippen LogP contribution in [0.3, 0.4) is 0 Å². The zero-order valence-electron chi connectivity index (χ0n) is 11.5. The third-order valence-corrected chi connectivity index (χ3v) is 3.82. The number of aromatic nitrogens is 3. The molecule has 2 heterocycles. The van der Waals surface area contributed by atoms with E-state index in [4.69, 9.17) is 0 Å². The summed E-state index contributed by atoms with van der Waals surface area (Å²) in [6, 6.07) is 9.58. The molecule has 3 aromatic rings. The summed E-state index contributed by atoms with van der Waals surface area (Å²) < 4.78 is 1.74. The second kappa shape index (κ2) is 5.92. The molecule has 21 heavy (non-hydrogen) atoms. The predicted molar refractivity (Wildman–Crippen MR) is 81.1 cm³/mol. The van der Waals surface area contributed by atoms with Gasteiger partial charge >= 0.3 is 6.03 Å². The number of hydrogen-bond donors (Lipinski definition) is 2. The van der Waals surface area contributed by atoms with Crippen LogP contribution in [0.5, 0.6) is 0 Å². The first-order valence-electron chi connectivity index (χ1n) is 6.58. The van der Waals surface area contributed by atoms with Crippen LogP contribution in [0.1, 0.15) is 16.3 Å². The van der Waals surface area contributed by atoms with Crippen molar-refractivity contribution in [2.45, 2.75) is 20.0 Å². The average molecular weight is 301 g/mol. The Morgan fingerprint density at radius 2 is 2.00 bits per heavy atom. The monoisotopic (exact) mass is 301 g/mol. The van der Waals surface area contributed by atoms with Crippen molar-refractivity contribution in [2.75, 3.05) is 0 Å². The molecular formula is C14H15N5OS. The van der Waals surface area contributed by atoms with Gasteiger partial charge in [-0.25, -0.2) is 14.3 Å². The fraction of sp³-hybridized carbons (Fsp3) is 0.214. The van der Waals surface area contributed by atoms with Gasteiger partial charge in [0.15, 0.2) is 0 Å². The van der Waals surface area contributed by atoms with E-state index in [0.717, 1.165) is 21.2 Å². The summed E-state index contributed by atoms with van der Waals surface area (Å²) in [5.74, 6) is 0. The number of aryl methyl sites for hydroxylation is 1. The maximum absolute atomic E-state index is 11.7. The Balaban J connectivity index is 1.50. The molecule has 0 bridgehead atoms. The molecule has 6 nitrogen and oxygen atoms in total. The van der Waals surface area contributed by atoms with Gasteiger partial charge in [0.25, 0.3) is 0 Å². The number of amides is 2. The molecule has 0 saturated carbocycles. The van der Waals surface area contributed by atoms with Crippen LogP contribution in [0, 0.1) is 6.92 Å². The Morgan fingerprint density at radius 1 is 1.24 bits per heavy atom. The van der Waals surface area contributed by atoms with Gasteiger partial charge in [0.1, 0.15) is 5.01 Å². The standard InChI is InChI=1S/C14H15N5OS/c1-10-9-19-14(17-10)21-12(18-19)8-16-13(20)15-7-11-5-3-2-4-6-11/h2-6,9H,7-8H2,1H3,(H2,15,16,20). The van der Waals surface area contributed by atoms with E-state index in [9.17, 15) is 4.79 Å². The van der Waals surface area contributed by atoms with Gasteiger partial charge in [0.05, 0.1) is 18.4 Å². The molecule has 108 valence electrons. The quantitative estimate of drug-likeness (QED) is 0.775. The van der Waals surface area contributed by atoms with E-state index >= 15 is 0 Å². The van der Waals surface area contributed by atoms with Gasteiger partial charge in [0.2, 0.25) is 4.96 Å². The highest BCUT2D eigenvalue weighted by Crippen LogP contribution is 2.13. The lowest BCUT2D eigenvalue weighted by Gasteiger charge is -2.06. The molecule has 0 aliphatic heterocycles. The lowest BCUT2D eigenvalue weighted by molar-refractivity contribution is 0.240. The molecule has 0 fully saturated rings. The molecule has 0 atom stereocenters. The molecule has 3 rings (SSSR count). The zero-order valence-corrected chi connectivity index (χ0v) is 12.4. The smallest absolute Gasteiger partial charge is 0.315 e. The zero-order chi connectivity index (χ0) is 14.7. The highest BCUT2D eigenvalue weighted by molar-refractivity contribution is 7.16. The molecule has 0 spiro atoms. The van der Waals surface area contributed by atoms with Crippen molar-refractivity contribution in [1.29, 1.82) is 0 Å². The molecule has 2 N–H and O–H groups in total. The second-order valence-electron chi connectivity index (χ2n) is 4.63. The summed E-state index contributed by atoms with van der Waals surface area (Å²) in [4.78, 5) is 16.9. The summed E-state index contributed by atoms with van der Waals surface area (Å²) in [7, 11) is 0. The fourth-order valence-electron chi connectivity index (χ4n) is 1.92. The van der Waals surface area contributed by atoms with Gasteiger partial charge < -0.3 is 10.6 Å². The Kier molecular flexibility index (Phi) is 3.83. The summed E-state index contributed by atoms with van der Waals surface area (Å²) in [5.41, 5.74) is 2.00. The Bertz CT molecular complexity index is 718. The summed E-state index contributed by atoms with van der Waals surface area (Å²) >= 11 is 1.47. The van der Waals surface area contributed by atoms with Crippen molar-refractivity contribution in [3.05, 3.63) is 52.8 Å². The maximum atomic E-state index is 11.7. The molecule has 0 saturated heterocycles. The van der Waals surface area contributed by atoms with Crippen LogP contribution in [0.25, 0.3) is 4.96 Å². The third kappa shape index (κ3) is 3.38. The van der Waals surface area contributed by atoms with Crippen molar-refractivity contribution >= 4 is 22.3 Å². The number of imidazole rings is 1. The Morgan fingerprint density at radius 3 is 2.76 bits per heavy atom. The van der Waals surface area contributed by atoms with Crippen molar-refractivity contribution < 1.29 is 4.79 Å². The maximum Gasteiger partial charge on any atom is 0.315 e. The van der Waals surface area contributed by atoms with Crippen LogP contribution in [-0.2, 0) is 13.1 Å². The van der Waals surface area contributed by atoms with Crippen LogP contribution in [0.15, 0.2) is 36.5 Å². The first-order valence-corrected chi connectivity index (χ1v) is 7.40. The molecule has 0 radical (unpaired) electrons. The highest BCUT2D eigenvalue weighted by atomic mass is 32.1. The van der Waals surface area contributed by atoms with Crippen LogP contribution in [-0.4, -0.2) is 20.6 Å². The van der Waals surface area contributed by atoms with E-state index in [1.807, 2.05) is 43.5 Å². The number of urea groups is 1. The first-order chi connectivity index (χ1) is 10.2. The predicted octanol–water partition coefficient (Wildman–Crippen LogP) is 2.10. The van der Waals surface area contributed by atoms with E-state index in [0.29, 0.717) is 13.1 Å². The lowest BCUT2D eigenvalue weighted by atomic mass is 10.2. The van der Waals surface area contributed by atoms with Crippen molar-refractivity contribution in [3.63, 3.8) is 0 Å². The van der Waals surface area contributed by atoms with Gasteiger partial charge in [-0.15, -0.1) is 0 Å². The summed E-state index contributed by atoms with van der Waals surface area (Å²) in [6.45, 7) is 2.83. The number of nitrogens with zero attached hydrogens (tertiary/aromatic N) is 3. The van der Waals surface area contributed by atoms with Crippen molar-refractivity contribution in [2.24, 2.45) is 0 Å². The summed E-state index contributed by atoms with van der Waals surface area (Å²) in [5, 5.41) is 10.8. The van der Waals surface area contributed by atoms with Crippen molar-refractivity contribution in [1.82, 2.24) is 25.2 Å². The normalized spacial score (nSPS) is 10.7. The summed E-state index contributed by atoms with van der Waals surface area (Å²) in [6.07, 6.45) is 1.87. The minimum absolute atomic E-state index is 0.206. The van der Waals surface area contributed by atoms with E-state index in [2.05, 4.69) is 20.7 Å². The van der Waals surface area contributed by atoms with E-state index in [1.165, 1.54) is 11.3 Å². The molecule has 7 heteroatoms. The first kappa shape index (κ1) is 13.6. The minimum Gasteiger partial charge on any atom is -0.334 e. The number of nitrogens with one attached hydrogen (secondary N) is 2. The molecular weight excluding hydrogens is 286 g/mol. The van der Waals surface area contributed by atoms with Gasteiger partial charge in [-0.3, -0.25) is 0 Å². The van der Waals surface area contributed by atoms with Gasteiger partial charge in [-0.1, -0.05) is 41.7 Å². The second-order valence-corrected chi connectivity index (χ2v) is 5.67. The minimum atomic E-state index is -0.206. The van der Waals surface area contributed by atoms with Crippen LogP contribution in [0.2, 0.25) is 0 Å². The topological polar surface area (TPSA) is 71.3 Å². The molecule has 2 aromatic heterocycles. The average Bonchev–Trinajstić information content (AvgIpc) is 3.01. The highest BCUT2D eigenvalue weighted by Gasteiger charge is 2.07. The fourth-order valence-corrected chi connectivity index (χ4v) is 2.78. The van der Waals surface area contributed by atoms with Crippen LogP contribution in [0.4, 0.5) is 4.79 Å². The number of carbonyl (C=O) groups excluding carboxylic acids is 1. The van der Waals surface area contributed by atoms with Crippen molar-refractivity contribution in [3.8, 4) is 0 Å². The Labute approximate surface area is 125 Å². The van der Waals surface area contributed by atoms with Crippen LogP contribution >= 0.6 is 11.3 Å². The molecule has 0 aliphatic carbocycles. The SMILES string of the molecule is Cc1cn2nc(CNC(=O)NCc3ccccc3)sc2n1. The van der Waals surface area contributed by atoms with Gasteiger partial charge in [-0.2, -0.15) is 5.10 Å². The van der Waals surface area contributed by atoms with Gasteiger partial charge in [0, 0.05) is 6.54 Å². The molecule has 0 unspecified atom stereocenters.